The van der Waals surface area contributed by atoms with Crippen LogP contribution in [0.15, 0.2) is 18.2 Å². The number of hydrogen-bond donors (Lipinski definition) is 1. The zero-order valence-electron chi connectivity index (χ0n) is 11.9. The van der Waals surface area contributed by atoms with E-state index in [2.05, 4.69) is 32.7 Å². The second kappa shape index (κ2) is 5.89. The Morgan fingerprint density at radius 2 is 1.94 bits per heavy atom. The van der Waals surface area contributed by atoms with Gasteiger partial charge in [0.2, 0.25) is 0 Å². The maximum atomic E-state index is 10.9. The van der Waals surface area contributed by atoms with E-state index in [-0.39, 0.29) is 0 Å². The number of anilines is 1. The maximum absolute atomic E-state index is 10.9. The number of aromatic carboxylic acids is 1. The van der Waals surface area contributed by atoms with Gasteiger partial charge in [-0.1, -0.05) is 13.8 Å². The molecule has 0 aliphatic carbocycles. The van der Waals surface area contributed by atoms with Crippen molar-refractivity contribution in [2.45, 2.75) is 40.2 Å². The molecule has 0 aliphatic heterocycles. The minimum atomic E-state index is -0.873. The zero-order chi connectivity index (χ0) is 13.9. The van der Waals surface area contributed by atoms with Gasteiger partial charge in [-0.2, -0.15) is 0 Å². The van der Waals surface area contributed by atoms with Crippen LogP contribution in [0.3, 0.4) is 0 Å². The smallest absolute Gasteiger partial charge is 0.335 e. The number of carboxylic acids is 1. The van der Waals surface area contributed by atoms with Crippen molar-refractivity contribution in [2.24, 2.45) is 5.92 Å². The van der Waals surface area contributed by atoms with Gasteiger partial charge < -0.3 is 10.0 Å². The lowest BCUT2D eigenvalue weighted by Gasteiger charge is -2.29. The molecule has 0 heterocycles. The summed E-state index contributed by atoms with van der Waals surface area (Å²) in [6, 6.07) is 5.74. The van der Waals surface area contributed by atoms with E-state index >= 15 is 0 Å². The monoisotopic (exact) mass is 249 g/mol. The normalized spacial score (nSPS) is 12.6. The van der Waals surface area contributed by atoms with Gasteiger partial charge in [0, 0.05) is 18.8 Å². The third-order valence-corrected chi connectivity index (χ3v) is 3.30. The maximum Gasteiger partial charge on any atom is 0.335 e. The lowest BCUT2D eigenvalue weighted by Crippen LogP contribution is -2.30. The SMILES string of the molecule is Cc1cc(C(=O)O)ccc1N(C)C(C)CC(C)C. The van der Waals surface area contributed by atoms with Gasteiger partial charge in [-0.25, -0.2) is 4.79 Å². The van der Waals surface area contributed by atoms with Crippen LogP contribution in [0.4, 0.5) is 5.69 Å². The highest BCUT2D eigenvalue weighted by molar-refractivity contribution is 5.88. The number of carboxylic acid groups (broad SMARTS) is 1. The minimum absolute atomic E-state index is 0.348. The van der Waals surface area contributed by atoms with Crippen molar-refractivity contribution in [1.82, 2.24) is 0 Å². The average Bonchev–Trinajstić information content (AvgIpc) is 2.26. The van der Waals surface area contributed by atoms with E-state index in [0.29, 0.717) is 17.5 Å². The van der Waals surface area contributed by atoms with Crippen LogP contribution < -0.4 is 4.90 Å². The molecule has 0 fully saturated rings. The molecule has 1 aromatic carbocycles. The molecule has 0 bridgehead atoms. The van der Waals surface area contributed by atoms with Crippen LogP contribution in [0.5, 0.6) is 0 Å². The number of benzene rings is 1. The minimum Gasteiger partial charge on any atom is -0.478 e. The number of hydrogen-bond acceptors (Lipinski definition) is 2. The van der Waals surface area contributed by atoms with Crippen molar-refractivity contribution in [2.75, 3.05) is 11.9 Å². The second-order valence-corrected chi connectivity index (χ2v) is 5.40. The van der Waals surface area contributed by atoms with Crippen molar-refractivity contribution < 1.29 is 9.90 Å². The summed E-state index contributed by atoms with van der Waals surface area (Å²) in [5, 5.41) is 8.95. The van der Waals surface area contributed by atoms with Gasteiger partial charge in [0.25, 0.3) is 0 Å². The van der Waals surface area contributed by atoms with Crippen LogP contribution in [0.25, 0.3) is 0 Å². The summed E-state index contributed by atoms with van der Waals surface area (Å²) in [7, 11) is 2.07. The summed E-state index contributed by atoms with van der Waals surface area (Å²) in [6.07, 6.45) is 1.12. The molecule has 0 amide bonds. The van der Waals surface area contributed by atoms with Crippen LogP contribution in [-0.2, 0) is 0 Å². The van der Waals surface area contributed by atoms with E-state index in [0.717, 1.165) is 17.7 Å². The highest BCUT2D eigenvalue weighted by Gasteiger charge is 2.14. The topological polar surface area (TPSA) is 40.5 Å². The molecule has 3 nitrogen and oxygen atoms in total. The van der Waals surface area contributed by atoms with Crippen molar-refractivity contribution in [3.05, 3.63) is 29.3 Å². The first-order valence-electron chi connectivity index (χ1n) is 6.39. The fraction of sp³-hybridized carbons (Fsp3) is 0.533. The lowest BCUT2D eigenvalue weighted by molar-refractivity contribution is 0.0697. The Labute approximate surface area is 109 Å². The molecule has 0 spiro atoms. The Morgan fingerprint density at radius 1 is 1.33 bits per heavy atom. The largest absolute Gasteiger partial charge is 0.478 e. The third kappa shape index (κ3) is 3.49. The molecule has 0 aliphatic rings. The van der Waals surface area contributed by atoms with Gasteiger partial charge in [0.05, 0.1) is 5.56 Å². The van der Waals surface area contributed by atoms with E-state index in [1.165, 1.54) is 0 Å². The Morgan fingerprint density at radius 3 is 2.39 bits per heavy atom. The Balaban J connectivity index is 2.92. The van der Waals surface area contributed by atoms with E-state index in [1.54, 1.807) is 12.1 Å². The number of nitrogens with zero attached hydrogens (tertiary/aromatic N) is 1. The molecule has 1 rings (SSSR count). The molecule has 18 heavy (non-hydrogen) atoms. The van der Waals surface area contributed by atoms with E-state index in [4.69, 9.17) is 5.11 Å². The Kier molecular flexibility index (Phi) is 4.76. The number of rotatable bonds is 5. The van der Waals surface area contributed by atoms with Crippen LogP contribution in [-0.4, -0.2) is 24.2 Å². The predicted octanol–water partition coefficient (Wildman–Crippen LogP) is 3.56. The second-order valence-electron chi connectivity index (χ2n) is 5.40. The third-order valence-electron chi connectivity index (χ3n) is 3.30. The molecule has 1 atom stereocenters. The van der Waals surface area contributed by atoms with Crippen LogP contribution in [0.1, 0.15) is 43.1 Å². The number of aryl methyl sites for hydroxylation is 1. The Bertz CT molecular complexity index is 427. The first kappa shape index (κ1) is 14.6. The fourth-order valence-electron chi connectivity index (χ4n) is 2.26. The predicted molar refractivity (Wildman–Crippen MR) is 75.5 cm³/mol. The van der Waals surface area contributed by atoms with Gasteiger partial charge in [0.15, 0.2) is 0 Å². The van der Waals surface area contributed by atoms with Gasteiger partial charge >= 0.3 is 5.97 Å². The molecule has 1 aromatic rings. The first-order chi connectivity index (χ1) is 8.32. The number of carbonyl (C=O) groups is 1. The van der Waals surface area contributed by atoms with E-state index in [1.807, 2.05) is 13.0 Å². The summed E-state index contributed by atoms with van der Waals surface area (Å²) in [5.41, 5.74) is 2.46. The summed E-state index contributed by atoms with van der Waals surface area (Å²) in [5.74, 6) is -0.219. The zero-order valence-corrected chi connectivity index (χ0v) is 11.9. The fourth-order valence-corrected chi connectivity index (χ4v) is 2.26. The van der Waals surface area contributed by atoms with Crippen molar-refractivity contribution in [3.63, 3.8) is 0 Å². The van der Waals surface area contributed by atoms with E-state index in [9.17, 15) is 4.79 Å². The summed E-state index contributed by atoms with van der Waals surface area (Å²) >= 11 is 0. The molecule has 0 radical (unpaired) electrons. The molecule has 1 unspecified atom stereocenters. The van der Waals surface area contributed by atoms with Crippen LogP contribution in [0, 0.1) is 12.8 Å². The standard InChI is InChI=1S/C15H23NO2/c1-10(2)8-12(4)16(5)14-7-6-13(15(17)18)9-11(14)3/h6-7,9-10,12H,8H2,1-5H3,(H,17,18). The Hall–Kier alpha value is -1.51. The van der Waals surface area contributed by atoms with Crippen LogP contribution >= 0.6 is 0 Å². The molecule has 1 N–H and O–H groups in total. The van der Waals surface area contributed by atoms with Crippen molar-refractivity contribution in [1.29, 1.82) is 0 Å². The average molecular weight is 249 g/mol. The molecule has 0 aromatic heterocycles. The molecule has 3 heteroatoms. The highest BCUT2D eigenvalue weighted by Crippen LogP contribution is 2.24. The molecule has 0 saturated heterocycles. The summed E-state index contributed by atoms with van der Waals surface area (Å²) < 4.78 is 0. The molecule has 0 saturated carbocycles. The quantitative estimate of drug-likeness (QED) is 0.867. The first-order valence-corrected chi connectivity index (χ1v) is 6.39. The van der Waals surface area contributed by atoms with Crippen molar-refractivity contribution in [3.8, 4) is 0 Å². The molecule has 100 valence electrons. The molecular formula is C15H23NO2. The summed E-state index contributed by atoms with van der Waals surface area (Å²) in [4.78, 5) is 13.1. The van der Waals surface area contributed by atoms with Crippen LogP contribution in [0.2, 0.25) is 0 Å². The van der Waals surface area contributed by atoms with Gasteiger partial charge in [-0.15, -0.1) is 0 Å². The molecular weight excluding hydrogens is 226 g/mol. The van der Waals surface area contributed by atoms with Gasteiger partial charge in [0.1, 0.15) is 0 Å². The highest BCUT2D eigenvalue weighted by atomic mass is 16.4. The summed E-state index contributed by atoms with van der Waals surface area (Å²) in [6.45, 7) is 8.58. The van der Waals surface area contributed by atoms with Crippen molar-refractivity contribution >= 4 is 11.7 Å². The van der Waals surface area contributed by atoms with Gasteiger partial charge in [-0.05, 0) is 49.9 Å². The lowest BCUT2D eigenvalue weighted by atomic mass is 10.0. The van der Waals surface area contributed by atoms with Gasteiger partial charge in [-0.3, -0.25) is 0 Å². The van der Waals surface area contributed by atoms with E-state index < -0.39 is 5.97 Å².